The van der Waals surface area contributed by atoms with E-state index in [1.54, 1.807) is 18.2 Å². The van der Waals surface area contributed by atoms with Gasteiger partial charge in [-0.15, -0.1) is 0 Å². The molecule has 0 bridgehead atoms. The highest BCUT2D eigenvalue weighted by Gasteiger charge is 2.13. The Balaban J connectivity index is 2.54. The Hall–Kier alpha value is -1.84. The van der Waals surface area contributed by atoms with Gasteiger partial charge in [-0.05, 0) is 36.5 Å². The molecule has 22 heavy (non-hydrogen) atoms. The molecule has 0 spiro atoms. The summed E-state index contributed by atoms with van der Waals surface area (Å²) in [5, 5.41) is 12.0. The van der Waals surface area contributed by atoms with Crippen molar-refractivity contribution in [3.63, 3.8) is 0 Å². The van der Waals surface area contributed by atoms with Crippen molar-refractivity contribution in [3.8, 4) is 0 Å². The SMILES string of the molecule is CCc1c(NC(=O)CCCCCC(C)C)cccc1C(=O)O. The first kappa shape index (κ1) is 18.2. The zero-order chi connectivity index (χ0) is 16.5. The number of anilines is 1. The van der Waals surface area contributed by atoms with Crippen LogP contribution in [0.3, 0.4) is 0 Å². The van der Waals surface area contributed by atoms with E-state index in [-0.39, 0.29) is 11.5 Å². The monoisotopic (exact) mass is 305 g/mol. The summed E-state index contributed by atoms with van der Waals surface area (Å²) in [7, 11) is 0. The van der Waals surface area contributed by atoms with Gasteiger partial charge in [0.05, 0.1) is 5.56 Å². The van der Waals surface area contributed by atoms with E-state index in [2.05, 4.69) is 19.2 Å². The molecule has 0 saturated heterocycles. The summed E-state index contributed by atoms with van der Waals surface area (Å²) in [6.45, 7) is 6.30. The molecular weight excluding hydrogens is 278 g/mol. The molecule has 1 rings (SSSR count). The van der Waals surface area contributed by atoms with Gasteiger partial charge in [-0.1, -0.05) is 46.1 Å². The minimum absolute atomic E-state index is 0.0400. The van der Waals surface area contributed by atoms with E-state index >= 15 is 0 Å². The molecule has 0 heterocycles. The van der Waals surface area contributed by atoms with Gasteiger partial charge in [0.1, 0.15) is 0 Å². The Bertz CT molecular complexity index is 509. The molecule has 1 amide bonds. The standard InChI is InChI=1S/C18H27NO3/c1-4-14-15(18(21)22)10-8-11-16(14)19-17(20)12-7-5-6-9-13(2)3/h8,10-11,13H,4-7,9,12H2,1-3H3,(H,19,20)(H,21,22). The van der Waals surface area contributed by atoms with E-state index in [0.717, 1.165) is 19.3 Å². The van der Waals surface area contributed by atoms with Crippen molar-refractivity contribution in [2.75, 3.05) is 5.32 Å². The predicted octanol–water partition coefficient (Wildman–Crippen LogP) is 4.49. The number of nitrogens with one attached hydrogen (secondary N) is 1. The first-order chi connectivity index (χ1) is 10.5. The van der Waals surface area contributed by atoms with Crippen LogP contribution < -0.4 is 5.32 Å². The molecule has 0 aliphatic rings. The van der Waals surface area contributed by atoms with Crippen molar-refractivity contribution in [1.82, 2.24) is 0 Å². The number of aromatic carboxylic acids is 1. The van der Waals surface area contributed by atoms with Gasteiger partial charge in [0, 0.05) is 12.1 Å². The van der Waals surface area contributed by atoms with Crippen LogP contribution in [0.1, 0.15) is 68.8 Å². The van der Waals surface area contributed by atoms with Crippen molar-refractivity contribution in [2.24, 2.45) is 5.92 Å². The first-order valence-corrected chi connectivity index (χ1v) is 8.10. The lowest BCUT2D eigenvalue weighted by molar-refractivity contribution is -0.116. The van der Waals surface area contributed by atoms with Crippen molar-refractivity contribution in [1.29, 1.82) is 0 Å². The van der Waals surface area contributed by atoms with E-state index in [1.807, 2.05) is 6.92 Å². The number of carboxylic acids is 1. The average molecular weight is 305 g/mol. The fourth-order valence-electron chi connectivity index (χ4n) is 2.51. The molecule has 0 radical (unpaired) electrons. The molecule has 0 saturated carbocycles. The molecule has 4 heteroatoms. The van der Waals surface area contributed by atoms with Crippen molar-refractivity contribution in [3.05, 3.63) is 29.3 Å². The molecule has 122 valence electrons. The molecule has 0 aliphatic heterocycles. The van der Waals surface area contributed by atoms with Gasteiger partial charge in [0.15, 0.2) is 0 Å². The van der Waals surface area contributed by atoms with Gasteiger partial charge in [-0.2, -0.15) is 0 Å². The van der Waals surface area contributed by atoms with Crippen LogP contribution in [0.2, 0.25) is 0 Å². The summed E-state index contributed by atoms with van der Waals surface area (Å²) in [6.07, 6.45) is 5.34. The van der Waals surface area contributed by atoms with Crippen molar-refractivity contribution in [2.45, 2.75) is 59.3 Å². The summed E-state index contributed by atoms with van der Waals surface area (Å²) >= 11 is 0. The maximum absolute atomic E-state index is 12.0. The molecule has 0 aliphatic carbocycles. The van der Waals surface area contributed by atoms with Crippen LogP contribution in [0, 0.1) is 5.92 Å². The largest absolute Gasteiger partial charge is 0.478 e. The molecule has 0 aromatic heterocycles. The molecule has 4 nitrogen and oxygen atoms in total. The minimum Gasteiger partial charge on any atom is -0.478 e. The van der Waals surface area contributed by atoms with Gasteiger partial charge >= 0.3 is 5.97 Å². The van der Waals surface area contributed by atoms with Crippen LogP contribution in [-0.2, 0) is 11.2 Å². The third kappa shape index (κ3) is 5.88. The van der Waals surface area contributed by atoms with Crippen molar-refractivity contribution < 1.29 is 14.7 Å². The summed E-state index contributed by atoms with van der Waals surface area (Å²) in [6, 6.07) is 5.01. The topological polar surface area (TPSA) is 66.4 Å². The highest BCUT2D eigenvalue weighted by Crippen LogP contribution is 2.21. The van der Waals surface area contributed by atoms with Crippen molar-refractivity contribution >= 4 is 17.6 Å². The second-order valence-electron chi connectivity index (χ2n) is 6.03. The Morgan fingerprint density at radius 3 is 2.50 bits per heavy atom. The summed E-state index contributed by atoms with van der Waals surface area (Å²) < 4.78 is 0. The lowest BCUT2D eigenvalue weighted by atomic mass is 10.0. The number of hydrogen-bond donors (Lipinski definition) is 2. The van der Waals surface area contributed by atoms with Crippen LogP contribution in [0.5, 0.6) is 0 Å². The minimum atomic E-state index is -0.957. The molecule has 0 unspecified atom stereocenters. The number of rotatable bonds is 9. The molecule has 0 atom stereocenters. The summed E-state index contributed by atoms with van der Waals surface area (Å²) in [4.78, 5) is 23.2. The number of carbonyl (C=O) groups is 2. The Morgan fingerprint density at radius 2 is 1.91 bits per heavy atom. The zero-order valence-electron chi connectivity index (χ0n) is 13.8. The molecule has 0 fully saturated rings. The fraction of sp³-hybridized carbons (Fsp3) is 0.556. The highest BCUT2D eigenvalue weighted by atomic mass is 16.4. The van der Waals surface area contributed by atoms with Gasteiger partial charge < -0.3 is 10.4 Å². The van der Waals surface area contributed by atoms with Gasteiger partial charge in [0.2, 0.25) is 5.91 Å². The maximum atomic E-state index is 12.0. The third-order valence-corrected chi connectivity index (χ3v) is 3.72. The normalized spacial score (nSPS) is 10.7. The summed E-state index contributed by atoms with van der Waals surface area (Å²) in [5.41, 5.74) is 1.56. The van der Waals surface area contributed by atoms with Gasteiger partial charge in [-0.3, -0.25) is 4.79 Å². The van der Waals surface area contributed by atoms with E-state index < -0.39 is 5.97 Å². The third-order valence-electron chi connectivity index (χ3n) is 3.72. The molecular formula is C18H27NO3. The molecule has 2 N–H and O–H groups in total. The van der Waals surface area contributed by atoms with E-state index in [4.69, 9.17) is 0 Å². The Labute approximate surface area is 132 Å². The highest BCUT2D eigenvalue weighted by molar-refractivity contribution is 5.96. The quantitative estimate of drug-likeness (QED) is 0.660. The fourth-order valence-corrected chi connectivity index (χ4v) is 2.51. The molecule has 1 aromatic rings. The number of amides is 1. The zero-order valence-corrected chi connectivity index (χ0v) is 13.8. The number of unbranched alkanes of at least 4 members (excludes halogenated alkanes) is 2. The second-order valence-corrected chi connectivity index (χ2v) is 6.03. The van der Waals surface area contributed by atoms with Crippen LogP contribution >= 0.6 is 0 Å². The van der Waals surface area contributed by atoms with Crippen LogP contribution in [0.4, 0.5) is 5.69 Å². The number of benzene rings is 1. The number of carboxylic acid groups (broad SMARTS) is 1. The first-order valence-electron chi connectivity index (χ1n) is 8.10. The number of carbonyl (C=O) groups excluding carboxylic acids is 1. The smallest absolute Gasteiger partial charge is 0.336 e. The number of hydrogen-bond acceptors (Lipinski definition) is 2. The van der Waals surface area contributed by atoms with Gasteiger partial charge in [-0.25, -0.2) is 4.79 Å². The van der Waals surface area contributed by atoms with E-state index in [0.29, 0.717) is 30.0 Å². The molecule has 1 aromatic carbocycles. The lowest BCUT2D eigenvalue weighted by Gasteiger charge is -2.12. The van der Waals surface area contributed by atoms with Gasteiger partial charge in [0.25, 0.3) is 0 Å². The van der Waals surface area contributed by atoms with Crippen LogP contribution in [-0.4, -0.2) is 17.0 Å². The van der Waals surface area contributed by atoms with E-state index in [1.165, 1.54) is 6.42 Å². The second kappa shape index (κ2) is 9.23. The summed E-state index contributed by atoms with van der Waals surface area (Å²) in [5.74, 6) is -0.289. The Kier molecular flexibility index (Phi) is 7.64. The maximum Gasteiger partial charge on any atom is 0.336 e. The van der Waals surface area contributed by atoms with Crippen LogP contribution in [0.15, 0.2) is 18.2 Å². The average Bonchev–Trinajstić information content (AvgIpc) is 2.46. The predicted molar refractivity (Wildman–Crippen MR) is 89.3 cm³/mol. The lowest BCUT2D eigenvalue weighted by Crippen LogP contribution is -2.14. The Morgan fingerprint density at radius 1 is 1.18 bits per heavy atom. The van der Waals surface area contributed by atoms with E-state index in [9.17, 15) is 14.7 Å². The van der Waals surface area contributed by atoms with Crippen LogP contribution in [0.25, 0.3) is 0 Å².